The van der Waals surface area contributed by atoms with Crippen LogP contribution in [-0.4, -0.2) is 52.3 Å². The number of likely N-dealkylation sites (N-methyl/N-ethyl adjacent to an activating group) is 1. The molecular formula is C30H33N5O2S. The van der Waals surface area contributed by atoms with Gasteiger partial charge in [0.25, 0.3) is 5.91 Å². The molecule has 0 spiro atoms. The van der Waals surface area contributed by atoms with Gasteiger partial charge >= 0.3 is 6.03 Å². The van der Waals surface area contributed by atoms with Crippen LogP contribution in [0.2, 0.25) is 0 Å². The standard InChI is InChI=1S/C30H33N5O2S/c1-4-34(5-2)28(36)26-20(3)31-30-35(18-9-19-38-30)27(26)22-14-16-23(17-15-22)32-29(37)33-25-13-8-11-21-10-6-7-12-24(21)25/h6-8,10-17,27H,4-5,9,18-19H2,1-3H3,(H2,32,33,37). The normalized spacial score (nSPS) is 17.1. The van der Waals surface area contributed by atoms with Gasteiger partial charge in [-0.25, -0.2) is 9.79 Å². The number of aliphatic imine (C=N–C) groups is 1. The first kappa shape index (κ1) is 25.9. The van der Waals surface area contributed by atoms with E-state index in [2.05, 4.69) is 15.5 Å². The van der Waals surface area contributed by atoms with Crippen molar-refractivity contribution in [1.82, 2.24) is 9.80 Å². The van der Waals surface area contributed by atoms with Crippen molar-refractivity contribution in [3.63, 3.8) is 0 Å². The average Bonchev–Trinajstić information content (AvgIpc) is 2.93. The van der Waals surface area contributed by atoms with Gasteiger partial charge in [0.15, 0.2) is 5.17 Å². The van der Waals surface area contributed by atoms with Gasteiger partial charge in [-0.15, -0.1) is 0 Å². The highest BCUT2D eigenvalue weighted by Crippen LogP contribution is 2.40. The fourth-order valence-corrected chi connectivity index (χ4v) is 6.16. The van der Waals surface area contributed by atoms with Crippen molar-refractivity contribution >= 4 is 51.0 Å². The Morgan fingerprint density at radius 2 is 1.74 bits per heavy atom. The molecule has 0 aliphatic carbocycles. The maximum absolute atomic E-state index is 13.6. The molecular weight excluding hydrogens is 494 g/mol. The number of rotatable bonds is 6. The fourth-order valence-electron chi connectivity index (χ4n) is 5.14. The highest BCUT2D eigenvalue weighted by Gasteiger charge is 2.38. The van der Waals surface area contributed by atoms with Gasteiger partial charge in [0.05, 0.1) is 23.0 Å². The summed E-state index contributed by atoms with van der Waals surface area (Å²) in [5.74, 6) is 1.07. The molecule has 3 aromatic carbocycles. The van der Waals surface area contributed by atoms with Crippen molar-refractivity contribution in [2.45, 2.75) is 33.2 Å². The van der Waals surface area contributed by atoms with Crippen LogP contribution in [0.15, 0.2) is 83.0 Å². The number of nitrogens with one attached hydrogen (secondary N) is 2. The highest BCUT2D eigenvalue weighted by atomic mass is 32.2. The van der Waals surface area contributed by atoms with E-state index in [1.807, 2.05) is 92.4 Å². The fraction of sp³-hybridized carbons (Fsp3) is 0.300. The van der Waals surface area contributed by atoms with Gasteiger partial charge in [0, 0.05) is 36.5 Å². The number of carbonyl (C=O) groups excluding carboxylic acids is 2. The Bertz CT molecular complexity index is 1410. The predicted molar refractivity (Wildman–Crippen MR) is 158 cm³/mol. The molecule has 0 radical (unpaired) electrons. The molecule has 7 nitrogen and oxygen atoms in total. The average molecular weight is 528 g/mol. The zero-order chi connectivity index (χ0) is 26.6. The van der Waals surface area contributed by atoms with Crippen LogP contribution in [0.4, 0.5) is 16.2 Å². The lowest BCUT2D eigenvalue weighted by molar-refractivity contribution is -0.127. The molecule has 0 aromatic heterocycles. The van der Waals surface area contributed by atoms with Crippen molar-refractivity contribution in [3.8, 4) is 0 Å². The minimum Gasteiger partial charge on any atom is -0.340 e. The summed E-state index contributed by atoms with van der Waals surface area (Å²) in [5, 5.41) is 8.94. The van der Waals surface area contributed by atoms with E-state index in [-0.39, 0.29) is 18.0 Å². The number of thioether (sulfide) groups is 1. The summed E-state index contributed by atoms with van der Waals surface area (Å²) < 4.78 is 0. The monoisotopic (exact) mass is 527 g/mol. The third kappa shape index (κ3) is 5.13. The number of fused-ring (bicyclic) bond motifs is 2. The zero-order valence-electron chi connectivity index (χ0n) is 22.0. The quantitative estimate of drug-likeness (QED) is 0.385. The maximum Gasteiger partial charge on any atom is 0.323 e. The van der Waals surface area contributed by atoms with Crippen LogP contribution in [0, 0.1) is 0 Å². The van der Waals surface area contributed by atoms with Gasteiger partial charge in [-0.2, -0.15) is 0 Å². The molecule has 5 rings (SSSR count). The molecule has 1 saturated heterocycles. The molecule has 196 valence electrons. The third-order valence-corrected chi connectivity index (χ3v) is 8.14. The predicted octanol–water partition coefficient (Wildman–Crippen LogP) is 6.48. The molecule has 2 heterocycles. The molecule has 38 heavy (non-hydrogen) atoms. The summed E-state index contributed by atoms with van der Waals surface area (Å²) in [5.41, 5.74) is 3.96. The lowest BCUT2D eigenvalue weighted by Crippen LogP contribution is -2.45. The Hall–Kier alpha value is -3.78. The molecule has 2 aliphatic heterocycles. The molecule has 2 aliphatic rings. The first-order valence-electron chi connectivity index (χ1n) is 13.1. The van der Waals surface area contributed by atoms with Crippen molar-refractivity contribution < 1.29 is 9.59 Å². The Balaban J connectivity index is 1.38. The third-order valence-electron chi connectivity index (χ3n) is 7.06. The molecule has 3 aromatic rings. The van der Waals surface area contributed by atoms with E-state index in [9.17, 15) is 9.59 Å². The van der Waals surface area contributed by atoms with E-state index in [0.29, 0.717) is 18.8 Å². The summed E-state index contributed by atoms with van der Waals surface area (Å²) in [7, 11) is 0. The van der Waals surface area contributed by atoms with E-state index >= 15 is 0 Å². The van der Waals surface area contributed by atoms with Gasteiger partial charge in [-0.3, -0.25) is 4.79 Å². The van der Waals surface area contributed by atoms with Crippen LogP contribution >= 0.6 is 11.8 Å². The molecule has 1 unspecified atom stereocenters. The van der Waals surface area contributed by atoms with Gasteiger partial charge < -0.3 is 20.4 Å². The first-order valence-corrected chi connectivity index (χ1v) is 14.1. The summed E-state index contributed by atoms with van der Waals surface area (Å²) >= 11 is 1.75. The zero-order valence-corrected chi connectivity index (χ0v) is 22.8. The molecule has 0 saturated carbocycles. The maximum atomic E-state index is 13.6. The van der Waals surface area contributed by atoms with Gasteiger partial charge in [0.2, 0.25) is 0 Å². The topological polar surface area (TPSA) is 77.0 Å². The summed E-state index contributed by atoms with van der Waals surface area (Å²) in [6, 6.07) is 21.1. The second-order valence-corrected chi connectivity index (χ2v) is 10.5. The molecule has 1 atom stereocenters. The number of carbonyl (C=O) groups is 2. The number of anilines is 2. The van der Waals surface area contributed by atoms with E-state index in [4.69, 9.17) is 4.99 Å². The summed E-state index contributed by atoms with van der Waals surface area (Å²) in [6.07, 6.45) is 1.04. The smallest absolute Gasteiger partial charge is 0.323 e. The summed E-state index contributed by atoms with van der Waals surface area (Å²) in [4.78, 5) is 35.4. The lowest BCUT2D eigenvalue weighted by Gasteiger charge is -2.41. The molecule has 2 N–H and O–H groups in total. The van der Waals surface area contributed by atoms with Crippen molar-refractivity contribution in [1.29, 1.82) is 0 Å². The number of nitrogens with zero attached hydrogens (tertiary/aromatic N) is 3. The molecule has 1 fully saturated rings. The number of amides is 3. The van der Waals surface area contributed by atoms with Crippen LogP contribution in [0.3, 0.4) is 0 Å². The summed E-state index contributed by atoms with van der Waals surface area (Å²) in [6.45, 7) is 8.11. The molecule has 8 heteroatoms. The van der Waals surface area contributed by atoms with Crippen molar-refractivity contribution in [3.05, 3.63) is 83.6 Å². The van der Waals surface area contributed by atoms with E-state index in [1.54, 1.807) is 11.8 Å². The number of allylic oxidation sites excluding steroid dienone is 1. The van der Waals surface area contributed by atoms with Crippen LogP contribution in [0.25, 0.3) is 10.8 Å². The largest absolute Gasteiger partial charge is 0.340 e. The number of amidine groups is 1. The molecule has 3 amide bonds. The highest BCUT2D eigenvalue weighted by molar-refractivity contribution is 8.13. The first-order chi connectivity index (χ1) is 18.5. The Kier molecular flexibility index (Phi) is 7.69. The molecule has 0 bridgehead atoms. The van der Waals surface area contributed by atoms with Crippen LogP contribution < -0.4 is 10.6 Å². The Morgan fingerprint density at radius 1 is 1.00 bits per heavy atom. The lowest BCUT2D eigenvalue weighted by atomic mass is 9.93. The van der Waals surface area contributed by atoms with E-state index in [1.165, 1.54) is 0 Å². The van der Waals surface area contributed by atoms with Crippen molar-refractivity contribution in [2.75, 3.05) is 36.0 Å². The van der Waals surface area contributed by atoms with Crippen LogP contribution in [-0.2, 0) is 4.79 Å². The number of hydrogen-bond donors (Lipinski definition) is 2. The van der Waals surface area contributed by atoms with Crippen LogP contribution in [0.5, 0.6) is 0 Å². The number of benzene rings is 3. The minimum atomic E-state index is -0.304. The van der Waals surface area contributed by atoms with Gasteiger partial charge in [-0.05, 0) is 56.3 Å². The van der Waals surface area contributed by atoms with Crippen molar-refractivity contribution in [2.24, 2.45) is 4.99 Å². The minimum absolute atomic E-state index is 0.0348. The van der Waals surface area contributed by atoms with Crippen LogP contribution in [0.1, 0.15) is 38.8 Å². The van der Waals surface area contributed by atoms with Gasteiger partial charge in [-0.1, -0.05) is 60.3 Å². The number of hydrogen-bond acceptors (Lipinski definition) is 5. The number of urea groups is 1. The van der Waals surface area contributed by atoms with E-state index in [0.717, 1.165) is 57.2 Å². The Labute approximate surface area is 228 Å². The second kappa shape index (κ2) is 11.3. The SMILES string of the molecule is CCN(CC)C(=O)C1=C(C)N=C2SCCCN2C1c1ccc(NC(=O)Nc2cccc3ccccc23)cc1. The second-order valence-electron chi connectivity index (χ2n) is 9.40. The Morgan fingerprint density at radius 3 is 2.50 bits per heavy atom. The van der Waals surface area contributed by atoms with Gasteiger partial charge in [0.1, 0.15) is 0 Å². The van der Waals surface area contributed by atoms with E-state index < -0.39 is 0 Å².